The summed E-state index contributed by atoms with van der Waals surface area (Å²) < 4.78 is 2.09. The molecule has 2 atom stereocenters. The predicted octanol–water partition coefficient (Wildman–Crippen LogP) is 1.27. The summed E-state index contributed by atoms with van der Waals surface area (Å²) in [5.74, 6) is 1.36. The number of nitrogens with one attached hydrogen (secondary N) is 1. The van der Waals surface area contributed by atoms with Gasteiger partial charge in [0.1, 0.15) is 5.82 Å². The van der Waals surface area contributed by atoms with E-state index in [0.29, 0.717) is 13.1 Å². The number of rotatable bonds is 8. The summed E-state index contributed by atoms with van der Waals surface area (Å²) in [5, 5.41) is 3.09. The highest BCUT2D eigenvalue weighted by Crippen LogP contribution is 2.24. The van der Waals surface area contributed by atoms with Crippen LogP contribution in [0, 0.1) is 11.8 Å². The minimum Gasteiger partial charge on any atom is -0.354 e. The summed E-state index contributed by atoms with van der Waals surface area (Å²) >= 11 is 0. The second kappa shape index (κ2) is 8.96. The molecule has 26 heavy (non-hydrogen) atoms. The van der Waals surface area contributed by atoms with Crippen LogP contribution in [-0.4, -0.2) is 46.5 Å². The van der Waals surface area contributed by atoms with Crippen molar-refractivity contribution in [2.75, 3.05) is 26.2 Å². The van der Waals surface area contributed by atoms with Crippen molar-refractivity contribution in [3.05, 3.63) is 54.1 Å². The van der Waals surface area contributed by atoms with Gasteiger partial charge in [0, 0.05) is 51.5 Å². The molecule has 2 aromatic rings. The highest BCUT2D eigenvalue weighted by Gasteiger charge is 2.36. The van der Waals surface area contributed by atoms with Crippen LogP contribution in [0.3, 0.4) is 0 Å². The molecule has 1 aliphatic heterocycles. The van der Waals surface area contributed by atoms with Crippen molar-refractivity contribution in [2.24, 2.45) is 17.6 Å². The Morgan fingerprint density at radius 2 is 2.12 bits per heavy atom. The largest absolute Gasteiger partial charge is 0.354 e. The van der Waals surface area contributed by atoms with Gasteiger partial charge in [0.15, 0.2) is 0 Å². The predicted molar refractivity (Wildman–Crippen MR) is 102 cm³/mol. The number of benzene rings is 1. The Labute approximate surface area is 155 Å². The molecule has 6 nitrogen and oxygen atoms in total. The van der Waals surface area contributed by atoms with Gasteiger partial charge in [-0.1, -0.05) is 37.3 Å². The number of carbonyl (C=O) groups is 1. The van der Waals surface area contributed by atoms with E-state index in [1.54, 1.807) is 0 Å². The van der Waals surface area contributed by atoms with Gasteiger partial charge in [0.05, 0.1) is 5.92 Å². The Hall–Kier alpha value is -2.18. The fourth-order valence-corrected chi connectivity index (χ4v) is 3.76. The molecule has 1 aliphatic rings. The lowest BCUT2D eigenvalue weighted by Crippen LogP contribution is -2.38. The van der Waals surface area contributed by atoms with E-state index in [4.69, 9.17) is 5.73 Å². The minimum atomic E-state index is -0.0304. The molecule has 1 fully saturated rings. The van der Waals surface area contributed by atoms with Crippen molar-refractivity contribution >= 4 is 5.91 Å². The lowest BCUT2D eigenvalue weighted by Gasteiger charge is -2.17. The zero-order chi connectivity index (χ0) is 18.4. The van der Waals surface area contributed by atoms with Gasteiger partial charge in [-0.15, -0.1) is 0 Å². The van der Waals surface area contributed by atoms with E-state index in [2.05, 4.69) is 51.0 Å². The van der Waals surface area contributed by atoms with Gasteiger partial charge >= 0.3 is 0 Å². The Morgan fingerprint density at radius 3 is 2.85 bits per heavy atom. The number of nitrogens with two attached hydrogens (primary N) is 1. The summed E-state index contributed by atoms with van der Waals surface area (Å²) in [6.07, 6.45) is 4.67. The van der Waals surface area contributed by atoms with Crippen LogP contribution in [0.15, 0.2) is 42.7 Å². The van der Waals surface area contributed by atoms with E-state index < -0.39 is 0 Å². The van der Waals surface area contributed by atoms with Crippen LogP contribution in [0.25, 0.3) is 0 Å². The fourth-order valence-electron chi connectivity index (χ4n) is 3.76. The van der Waals surface area contributed by atoms with E-state index >= 15 is 0 Å². The second-order valence-corrected chi connectivity index (χ2v) is 6.96. The molecule has 2 heterocycles. The van der Waals surface area contributed by atoms with Crippen molar-refractivity contribution < 1.29 is 4.79 Å². The standard InChI is InChI=1S/C20H29N5O/c1-2-19-22-8-10-25(19)11-9-23-20(26)18-15-24(14-17(18)12-21)13-16-6-4-3-5-7-16/h3-8,10,17-18H,2,9,11-15,21H2,1H3,(H,23,26)/t17-,18-/m1/s1. The van der Waals surface area contributed by atoms with Crippen LogP contribution in [0.2, 0.25) is 0 Å². The molecule has 0 spiro atoms. The normalized spacial score (nSPS) is 20.4. The molecule has 3 rings (SSSR count). The first-order valence-electron chi connectivity index (χ1n) is 9.45. The third kappa shape index (κ3) is 4.51. The van der Waals surface area contributed by atoms with Crippen LogP contribution >= 0.6 is 0 Å². The molecule has 6 heteroatoms. The first-order valence-corrected chi connectivity index (χ1v) is 9.45. The molecule has 0 aliphatic carbocycles. The smallest absolute Gasteiger partial charge is 0.224 e. The lowest BCUT2D eigenvalue weighted by molar-refractivity contribution is -0.125. The van der Waals surface area contributed by atoms with Gasteiger partial charge in [0.25, 0.3) is 0 Å². The van der Waals surface area contributed by atoms with E-state index in [1.807, 2.05) is 18.5 Å². The van der Waals surface area contributed by atoms with E-state index in [9.17, 15) is 4.79 Å². The van der Waals surface area contributed by atoms with Crippen molar-refractivity contribution in [2.45, 2.75) is 26.4 Å². The van der Waals surface area contributed by atoms with Gasteiger partial charge < -0.3 is 15.6 Å². The Kier molecular flexibility index (Phi) is 6.41. The molecule has 1 aromatic heterocycles. The molecule has 0 unspecified atom stereocenters. The number of nitrogens with zero attached hydrogens (tertiary/aromatic N) is 3. The van der Waals surface area contributed by atoms with Gasteiger partial charge in [0.2, 0.25) is 5.91 Å². The van der Waals surface area contributed by atoms with Crippen LogP contribution in [0.1, 0.15) is 18.3 Å². The maximum Gasteiger partial charge on any atom is 0.224 e. The first-order chi connectivity index (χ1) is 12.7. The van der Waals surface area contributed by atoms with E-state index in [1.165, 1.54) is 5.56 Å². The Bertz CT molecular complexity index is 699. The number of aryl methyl sites for hydroxylation is 1. The van der Waals surface area contributed by atoms with Gasteiger partial charge in [-0.25, -0.2) is 4.98 Å². The molecule has 1 saturated heterocycles. The second-order valence-electron chi connectivity index (χ2n) is 6.96. The number of aromatic nitrogens is 2. The van der Waals surface area contributed by atoms with Crippen molar-refractivity contribution in [1.82, 2.24) is 19.8 Å². The number of hydrogen-bond donors (Lipinski definition) is 2. The van der Waals surface area contributed by atoms with Crippen LogP contribution in [0.4, 0.5) is 0 Å². The van der Waals surface area contributed by atoms with E-state index in [0.717, 1.165) is 38.4 Å². The number of imidazole rings is 1. The highest BCUT2D eigenvalue weighted by atomic mass is 16.2. The summed E-state index contributed by atoms with van der Waals surface area (Å²) in [5.41, 5.74) is 7.22. The summed E-state index contributed by atoms with van der Waals surface area (Å²) in [7, 11) is 0. The van der Waals surface area contributed by atoms with Crippen LogP contribution in [-0.2, 0) is 24.3 Å². The number of amides is 1. The lowest BCUT2D eigenvalue weighted by atomic mass is 9.95. The highest BCUT2D eigenvalue weighted by molar-refractivity contribution is 5.79. The van der Waals surface area contributed by atoms with Crippen molar-refractivity contribution in [3.8, 4) is 0 Å². The molecule has 0 radical (unpaired) electrons. The van der Waals surface area contributed by atoms with Crippen molar-refractivity contribution in [1.29, 1.82) is 0 Å². The molecule has 1 amide bonds. The Morgan fingerprint density at radius 1 is 1.31 bits per heavy atom. The summed E-state index contributed by atoms with van der Waals surface area (Å²) in [6, 6.07) is 10.4. The van der Waals surface area contributed by atoms with Gasteiger partial charge in [-0.2, -0.15) is 0 Å². The number of likely N-dealkylation sites (tertiary alicyclic amines) is 1. The average molecular weight is 355 g/mol. The minimum absolute atomic E-state index is 0.0304. The maximum absolute atomic E-state index is 12.7. The number of hydrogen-bond acceptors (Lipinski definition) is 4. The maximum atomic E-state index is 12.7. The molecule has 140 valence electrons. The quantitative estimate of drug-likeness (QED) is 0.748. The third-order valence-electron chi connectivity index (χ3n) is 5.18. The van der Waals surface area contributed by atoms with Gasteiger partial charge in [-0.05, 0) is 18.0 Å². The molecule has 3 N–H and O–H groups in total. The first kappa shape index (κ1) is 18.6. The zero-order valence-electron chi connectivity index (χ0n) is 15.5. The summed E-state index contributed by atoms with van der Waals surface area (Å²) in [6.45, 7) is 6.53. The summed E-state index contributed by atoms with van der Waals surface area (Å²) in [4.78, 5) is 19.3. The fraction of sp³-hybridized carbons (Fsp3) is 0.500. The van der Waals surface area contributed by atoms with Crippen LogP contribution in [0.5, 0.6) is 0 Å². The Balaban J connectivity index is 1.51. The van der Waals surface area contributed by atoms with Crippen molar-refractivity contribution in [3.63, 3.8) is 0 Å². The third-order valence-corrected chi connectivity index (χ3v) is 5.18. The topological polar surface area (TPSA) is 76.2 Å². The molecular weight excluding hydrogens is 326 g/mol. The zero-order valence-corrected chi connectivity index (χ0v) is 15.5. The molecule has 1 aromatic carbocycles. The molecule has 0 bridgehead atoms. The van der Waals surface area contributed by atoms with Crippen LogP contribution < -0.4 is 11.1 Å². The molecular formula is C20H29N5O. The SMILES string of the molecule is CCc1nccn1CCNC(=O)[C@@H]1CN(Cc2ccccc2)C[C@H]1CN. The van der Waals surface area contributed by atoms with Gasteiger partial charge in [-0.3, -0.25) is 9.69 Å². The average Bonchev–Trinajstić information content (AvgIpc) is 3.28. The van der Waals surface area contributed by atoms with E-state index in [-0.39, 0.29) is 17.7 Å². The number of carbonyl (C=O) groups excluding carboxylic acids is 1. The monoisotopic (exact) mass is 355 g/mol. The molecule has 0 saturated carbocycles.